The third-order valence-corrected chi connectivity index (χ3v) is 5.73. The quantitative estimate of drug-likeness (QED) is 0.638. The number of nitrogens with zero attached hydrogens (tertiary/aromatic N) is 2. The first-order valence-corrected chi connectivity index (χ1v) is 9.84. The van der Waals surface area contributed by atoms with Gasteiger partial charge in [0.05, 0.1) is 42.7 Å². The van der Waals surface area contributed by atoms with E-state index in [2.05, 4.69) is 10.3 Å². The lowest BCUT2D eigenvalue weighted by molar-refractivity contribution is 0.0729. The minimum Gasteiger partial charge on any atom is -0.495 e. The van der Waals surface area contributed by atoms with Gasteiger partial charge in [0.25, 0.3) is 5.91 Å². The number of fused-ring (bicyclic) bond motifs is 1. The fraction of sp³-hybridized carbons (Fsp3) is 0.200. The van der Waals surface area contributed by atoms with E-state index >= 15 is 0 Å². The molecule has 2 aromatic heterocycles. The molecule has 0 radical (unpaired) electrons. The molecular formula is C20H18ClN3O3S. The summed E-state index contributed by atoms with van der Waals surface area (Å²) in [6.07, 6.45) is 1.25. The molecule has 1 aliphatic heterocycles. The summed E-state index contributed by atoms with van der Waals surface area (Å²) in [6, 6.07) is 11.0. The SMILES string of the molecule is COc1cc(OC)c(N[C@H]2c3ncccc3C(=O)N2Cc2cccs2)cc1Cl. The Hall–Kier alpha value is -2.77. The number of rotatable bonds is 6. The number of pyridine rings is 1. The van der Waals surface area contributed by atoms with Crippen LogP contribution < -0.4 is 14.8 Å². The van der Waals surface area contributed by atoms with Crippen LogP contribution in [0.5, 0.6) is 11.5 Å². The van der Waals surface area contributed by atoms with Gasteiger partial charge in [-0.15, -0.1) is 11.3 Å². The van der Waals surface area contributed by atoms with Crippen molar-refractivity contribution in [1.82, 2.24) is 9.88 Å². The molecule has 6 nitrogen and oxygen atoms in total. The molecule has 1 aliphatic rings. The highest BCUT2D eigenvalue weighted by Crippen LogP contribution is 2.40. The lowest BCUT2D eigenvalue weighted by atomic mass is 10.2. The number of carbonyl (C=O) groups is 1. The van der Waals surface area contributed by atoms with E-state index in [1.54, 1.807) is 60.9 Å². The standard InChI is InChI=1S/C20H18ClN3O3S/c1-26-16-10-17(27-2)15(9-14(16)21)23-19-18-13(6-3-7-22-18)20(25)24(19)11-12-5-4-8-28-12/h3-10,19,23H,11H2,1-2H3/t19-/m1/s1. The topological polar surface area (TPSA) is 63.7 Å². The van der Waals surface area contributed by atoms with Gasteiger partial charge in [-0.25, -0.2) is 0 Å². The monoisotopic (exact) mass is 415 g/mol. The summed E-state index contributed by atoms with van der Waals surface area (Å²) in [4.78, 5) is 20.3. The molecule has 3 aromatic rings. The number of methoxy groups -OCH3 is 2. The molecule has 1 atom stereocenters. The molecule has 28 heavy (non-hydrogen) atoms. The molecule has 0 fully saturated rings. The Kier molecular flexibility index (Phi) is 5.11. The molecular weight excluding hydrogens is 398 g/mol. The van der Waals surface area contributed by atoms with Crippen molar-refractivity contribution in [3.63, 3.8) is 0 Å². The third-order valence-electron chi connectivity index (χ3n) is 4.57. The second-order valence-electron chi connectivity index (χ2n) is 6.18. The molecule has 0 saturated carbocycles. The minimum atomic E-state index is -0.441. The maximum atomic E-state index is 13.0. The van der Waals surface area contributed by atoms with Crippen molar-refractivity contribution in [2.45, 2.75) is 12.7 Å². The van der Waals surface area contributed by atoms with Gasteiger partial charge >= 0.3 is 0 Å². The summed E-state index contributed by atoms with van der Waals surface area (Å²) < 4.78 is 10.7. The molecule has 1 amide bonds. The predicted molar refractivity (Wildman–Crippen MR) is 109 cm³/mol. The van der Waals surface area contributed by atoms with E-state index in [1.807, 2.05) is 17.5 Å². The molecule has 1 N–H and O–H groups in total. The number of hydrogen-bond acceptors (Lipinski definition) is 6. The minimum absolute atomic E-state index is 0.0624. The zero-order valence-electron chi connectivity index (χ0n) is 15.3. The van der Waals surface area contributed by atoms with Gasteiger partial charge in [-0.1, -0.05) is 17.7 Å². The van der Waals surface area contributed by atoms with Gasteiger partial charge in [-0.05, 0) is 29.6 Å². The molecule has 8 heteroatoms. The summed E-state index contributed by atoms with van der Waals surface area (Å²) in [7, 11) is 3.12. The first-order valence-electron chi connectivity index (χ1n) is 8.58. The lowest BCUT2D eigenvalue weighted by Crippen LogP contribution is -2.31. The largest absolute Gasteiger partial charge is 0.495 e. The highest BCUT2D eigenvalue weighted by atomic mass is 35.5. The van der Waals surface area contributed by atoms with E-state index in [-0.39, 0.29) is 5.91 Å². The Balaban J connectivity index is 1.73. The van der Waals surface area contributed by atoms with Crippen LogP contribution in [0, 0.1) is 0 Å². The molecule has 0 unspecified atom stereocenters. The number of ether oxygens (including phenoxy) is 2. The fourth-order valence-electron chi connectivity index (χ4n) is 3.24. The van der Waals surface area contributed by atoms with Crippen LogP contribution in [0.1, 0.15) is 27.1 Å². The first kappa shape index (κ1) is 18.6. The average Bonchev–Trinajstić information content (AvgIpc) is 3.31. The predicted octanol–water partition coefficient (Wildman–Crippen LogP) is 4.58. The summed E-state index contributed by atoms with van der Waals surface area (Å²) in [5.74, 6) is 1.02. The van der Waals surface area contributed by atoms with Crippen LogP contribution in [0.4, 0.5) is 5.69 Å². The number of amides is 1. The summed E-state index contributed by atoms with van der Waals surface area (Å²) in [5.41, 5.74) is 1.92. The van der Waals surface area contributed by atoms with Crippen molar-refractivity contribution in [3.8, 4) is 11.5 Å². The van der Waals surface area contributed by atoms with Crippen molar-refractivity contribution in [2.75, 3.05) is 19.5 Å². The molecule has 0 spiro atoms. The van der Waals surface area contributed by atoms with Crippen LogP contribution in [0.3, 0.4) is 0 Å². The number of benzene rings is 1. The number of nitrogens with one attached hydrogen (secondary N) is 1. The Morgan fingerprint density at radius 2 is 2.04 bits per heavy atom. The van der Waals surface area contributed by atoms with Crippen molar-refractivity contribution in [3.05, 3.63) is 69.1 Å². The summed E-state index contributed by atoms with van der Waals surface area (Å²) in [5, 5.41) is 5.83. The highest BCUT2D eigenvalue weighted by Gasteiger charge is 2.38. The van der Waals surface area contributed by atoms with Gasteiger partial charge < -0.3 is 19.7 Å². The lowest BCUT2D eigenvalue weighted by Gasteiger charge is -2.27. The number of carbonyl (C=O) groups excluding carboxylic acids is 1. The Labute approximate surface area is 171 Å². The second kappa shape index (κ2) is 7.69. The number of anilines is 1. The third kappa shape index (κ3) is 3.27. The van der Waals surface area contributed by atoms with E-state index in [4.69, 9.17) is 21.1 Å². The maximum absolute atomic E-state index is 13.0. The van der Waals surface area contributed by atoms with Crippen molar-refractivity contribution < 1.29 is 14.3 Å². The van der Waals surface area contributed by atoms with Crippen molar-refractivity contribution >= 4 is 34.5 Å². The number of aromatic nitrogens is 1. The normalized spacial score (nSPS) is 15.5. The Morgan fingerprint density at radius 3 is 2.75 bits per heavy atom. The number of thiophene rings is 1. The first-order chi connectivity index (χ1) is 13.6. The van der Waals surface area contributed by atoms with Gasteiger partial charge in [0.15, 0.2) is 0 Å². The second-order valence-corrected chi connectivity index (χ2v) is 7.62. The van der Waals surface area contributed by atoms with Crippen LogP contribution in [0.15, 0.2) is 48.0 Å². The molecule has 0 saturated heterocycles. The molecule has 144 valence electrons. The maximum Gasteiger partial charge on any atom is 0.258 e. The molecule has 0 aliphatic carbocycles. The van der Waals surface area contributed by atoms with Crippen LogP contribution in [0.2, 0.25) is 5.02 Å². The van der Waals surface area contributed by atoms with Crippen molar-refractivity contribution in [2.24, 2.45) is 0 Å². The van der Waals surface area contributed by atoms with Gasteiger partial charge in [0.1, 0.15) is 17.7 Å². The molecule has 4 rings (SSSR count). The van der Waals surface area contributed by atoms with E-state index in [0.717, 1.165) is 4.88 Å². The van der Waals surface area contributed by atoms with Crippen LogP contribution in [-0.4, -0.2) is 30.0 Å². The summed E-state index contributed by atoms with van der Waals surface area (Å²) >= 11 is 7.92. The van der Waals surface area contributed by atoms with Gasteiger partial charge in [-0.3, -0.25) is 9.78 Å². The van der Waals surface area contributed by atoms with E-state index < -0.39 is 6.17 Å². The Morgan fingerprint density at radius 1 is 1.21 bits per heavy atom. The molecule has 1 aromatic carbocycles. The number of hydrogen-bond donors (Lipinski definition) is 1. The van der Waals surface area contributed by atoms with Gasteiger partial charge in [0, 0.05) is 17.1 Å². The average molecular weight is 416 g/mol. The van der Waals surface area contributed by atoms with Gasteiger partial charge in [-0.2, -0.15) is 0 Å². The van der Waals surface area contributed by atoms with E-state index in [9.17, 15) is 4.79 Å². The number of halogens is 1. The molecule has 0 bridgehead atoms. The van der Waals surface area contributed by atoms with Crippen LogP contribution in [0.25, 0.3) is 0 Å². The molecule has 3 heterocycles. The fourth-order valence-corrected chi connectivity index (χ4v) is 4.18. The highest BCUT2D eigenvalue weighted by molar-refractivity contribution is 7.09. The zero-order valence-corrected chi connectivity index (χ0v) is 16.9. The van der Waals surface area contributed by atoms with Crippen LogP contribution in [-0.2, 0) is 6.54 Å². The smallest absolute Gasteiger partial charge is 0.258 e. The zero-order chi connectivity index (χ0) is 19.7. The van der Waals surface area contributed by atoms with Gasteiger partial charge in [0.2, 0.25) is 0 Å². The summed E-state index contributed by atoms with van der Waals surface area (Å²) in [6.45, 7) is 0.483. The van der Waals surface area contributed by atoms with E-state index in [0.29, 0.717) is 40.0 Å². The van der Waals surface area contributed by atoms with Crippen LogP contribution >= 0.6 is 22.9 Å². The van der Waals surface area contributed by atoms with E-state index in [1.165, 1.54) is 0 Å². The van der Waals surface area contributed by atoms with Crippen molar-refractivity contribution in [1.29, 1.82) is 0 Å². The Bertz CT molecular complexity index is 1010.